The van der Waals surface area contributed by atoms with E-state index in [1.165, 1.54) is 0 Å². The third-order valence-corrected chi connectivity index (χ3v) is 12.2. The number of halogens is 2. The number of carbonyl (C=O) groups excluding carboxylic acids is 2. The highest BCUT2D eigenvalue weighted by molar-refractivity contribution is 7.21. The van der Waals surface area contributed by atoms with E-state index in [-0.39, 0.29) is 30.0 Å². The second-order valence-electron chi connectivity index (χ2n) is 17.5. The first-order valence-corrected chi connectivity index (χ1v) is 23.4. The molecule has 0 aromatic heterocycles. The van der Waals surface area contributed by atoms with Crippen LogP contribution in [0.2, 0.25) is 10.0 Å². The molecule has 356 valence electrons. The van der Waals surface area contributed by atoms with Crippen molar-refractivity contribution in [3.8, 4) is 11.5 Å². The topological polar surface area (TPSA) is 153 Å². The summed E-state index contributed by atoms with van der Waals surface area (Å²) in [6.45, 7) is 21.2. The number of hydrogen-bond acceptors (Lipinski definition) is 10. The van der Waals surface area contributed by atoms with Gasteiger partial charge in [-0.25, -0.2) is 0 Å². The fraction of sp³-hybridized carbons (Fsp3) is 0.385. The molecular weight excluding hydrogens is 903 g/mol. The maximum Gasteiger partial charge on any atom is 0.222 e. The van der Waals surface area contributed by atoms with Gasteiger partial charge in [-0.15, -0.1) is 0 Å². The summed E-state index contributed by atoms with van der Waals surface area (Å²) in [6, 6.07) is 25.5. The van der Waals surface area contributed by atoms with Gasteiger partial charge in [0.15, 0.2) is 0 Å². The summed E-state index contributed by atoms with van der Waals surface area (Å²) in [5, 5.41) is 24.8. The molecule has 1 heterocycles. The number of nitrogens with zero attached hydrogens (tertiary/aromatic N) is 5. The van der Waals surface area contributed by atoms with E-state index in [2.05, 4.69) is 57.4 Å². The number of aliphatic imine (C=N–C) groups is 2. The molecule has 1 aliphatic rings. The van der Waals surface area contributed by atoms with Crippen LogP contribution in [0.3, 0.4) is 0 Å². The lowest BCUT2D eigenvalue weighted by Gasteiger charge is -2.41. The molecule has 67 heavy (non-hydrogen) atoms. The number of methoxy groups -OCH3 is 1. The molecule has 0 bridgehead atoms. The maximum atomic E-state index is 12.6. The van der Waals surface area contributed by atoms with Crippen molar-refractivity contribution in [2.75, 3.05) is 32.1 Å². The second kappa shape index (κ2) is 24.5. The summed E-state index contributed by atoms with van der Waals surface area (Å²) in [5.41, 5.74) is 8.26. The van der Waals surface area contributed by atoms with Crippen molar-refractivity contribution in [1.82, 2.24) is 10.6 Å². The summed E-state index contributed by atoms with van der Waals surface area (Å²) < 4.78 is 12.0. The van der Waals surface area contributed by atoms with E-state index in [9.17, 15) is 9.59 Å². The van der Waals surface area contributed by atoms with Gasteiger partial charge in [-0.2, -0.15) is 10.2 Å². The SMILES string of the molecule is CCNC(=O)C[C@@H]1N=C(c2ccc(Cl)cc2)c2cc(OC(C)(C)C(C)(C)CNC)ccc2N(C(C)=P)C1=N.COc1ccc(C)c(C(=N[C@@H](CC=O)/C(C)=N/N=C(C)C)c2ccc(Cl)cc2)c1. The fourth-order valence-corrected chi connectivity index (χ4v) is 7.60. The van der Waals surface area contributed by atoms with Crippen molar-refractivity contribution in [2.45, 2.75) is 99.8 Å². The van der Waals surface area contributed by atoms with Gasteiger partial charge in [0.1, 0.15) is 35.3 Å². The largest absolute Gasteiger partial charge is 0.497 e. The van der Waals surface area contributed by atoms with Crippen LogP contribution in [0.1, 0.15) is 103 Å². The minimum absolute atomic E-state index is 0.0579. The number of nitrogens with one attached hydrogen (secondary N) is 3. The number of hydrogen-bond donors (Lipinski definition) is 3. The highest BCUT2D eigenvalue weighted by Crippen LogP contribution is 2.38. The number of benzodiazepines with no additional fused rings is 1. The zero-order valence-electron chi connectivity index (χ0n) is 40.8. The van der Waals surface area contributed by atoms with E-state index in [1.54, 1.807) is 12.0 Å². The molecule has 4 aromatic carbocycles. The van der Waals surface area contributed by atoms with Gasteiger partial charge in [0.2, 0.25) is 5.91 Å². The minimum atomic E-state index is -0.693. The first-order chi connectivity index (χ1) is 31.7. The van der Waals surface area contributed by atoms with Crippen molar-refractivity contribution in [1.29, 1.82) is 5.41 Å². The van der Waals surface area contributed by atoms with E-state index >= 15 is 0 Å². The Labute approximate surface area is 409 Å². The van der Waals surface area contributed by atoms with Crippen LogP contribution in [-0.2, 0) is 9.59 Å². The third kappa shape index (κ3) is 14.5. The molecule has 0 unspecified atom stereocenters. The summed E-state index contributed by atoms with van der Waals surface area (Å²) in [5.74, 6) is 1.48. The predicted molar refractivity (Wildman–Crippen MR) is 283 cm³/mol. The van der Waals surface area contributed by atoms with Gasteiger partial charge in [-0.05, 0) is 123 Å². The van der Waals surface area contributed by atoms with E-state index in [0.717, 1.165) is 63.5 Å². The zero-order valence-corrected chi connectivity index (χ0v) is 43.3. The van der Waals surface area contributed by atoms with Crippen LogP contribution in [0.25, 0.3) is 0 Å². The number of benzene rings is 4. The van der Waals surface area contributed by atoms with Crippen LogP contribution in [0, 0.1) is 17.7 Å². The van der Waals surface area contributed by atoms with E-state index < -0.39 is 17.7 Å². The monoisotopic (exact) mass is 966 g/mol. The van der Waals surface area contributed by atoms with Crippen molar-refractivity contribution in [3.05, 3.63) is 123 Å². The van der Waals surface area contributed by atoms with Gasteiger partial charge >= 0.3 is 0 Å². The van der Waals surface area contributed by atoms with Gasteiger partial charge in [-0.1, -0.05) is 76.2 Å². The van der Waals surface area contributed by atoms with Crippen molar-refractivity contribution < 1.29 is 19.1 Å². The average molecular weight is 968 g/mol. The van der Waals surface area contributed by atoms with Crippen LogP contribution in [0.5, 0.6) is 11.5 Å². The zero-order chi connectivity index (χ0) is 49.6. The lowest BCUT2D eigenvalue weighted by molar-refractivity contribution is -0.121. The van der Waals surface area contributed by atoms with Gasteiger partial charge in [0.25, 0.3) is 0 Å². The predicted octanol–water partition coefficient (Wildman–Crippen LogP) is 10.9. The fourth-order valence-electron chi connectivity index (χ4n) is 7.10. The molecule has 12 nitrogen and oxygen atoms in total. The number of amidine groups is 1. The quantitative estimate of drug-likeness (QED) is 0.0391. The molecule has 3 N–H and O–H groups in total. The van der Waals surface area contributed by atoms with E-state index in [4.69, 9.17) is 48.1 Å². The van der Waals surface area contributed by atoms with Gasteiger partial charge in [0, 0.05) is 68.4 Å². The first-order valence-electron chi connectivity index (χ1n) is 22.2. The summed E-state index contributed by atoms with van der Waals surface area (Å²) in [6.07, 6.45) is 1.13. The first kappa shape index (κ1) is 54.1. The van der Waals surface area contributed by atoms with Gasteiger partial charge < -0.3 is 24.9 Å². The number of ether oxygens (including phenoxy) is 2. The number of amides is 1. The Balaban J connectivity index is 0.000000304. The van der Waals surface area contributed by atoms with Crippen molar-refractivity contribution in [3.63, 3.8) is 0 Å². The number of carbonyl (C=O) groups is 2. The molecular formula is C52H65Cl2N8O4P. The minimum Gasteiger partial charge on any atom is -0.497 e. The molecule has 0 fully saturated rings. The maximum absolute atomic E-state index is 12.6. The number of rotatable bonds is 18. The molecule has 0 saturated carbocycles. The molecule has 15 heteroatoms. The van der Waals surface area contributed by atoms with Crippen LogP contribution in [-0.4, -0.2) is 91.2 Å². The Hall–Kier alpha value is -5.52. The standard InChI is InChI=1S/C29H39ClN5O2P.C23H26ClN3O2/c1-8-33-25(36)16-23-27(31)35(18(2)38)24-14-13-21(37-29(5,6)28(3,4)17-32-7)15-22(24)26(34-23)19-9-11-20(30)12-10-19;1-15(2)26-27-17(4)22(12-13-28)25-23(18-7-9-19(24)10-8-18)21-14-20(29-5)11-6-16(21)3/h9-15,23,31-32,38H,8,16-17H2,1-7H3,(H,33,36);6-11,13-14,22H,12H2,1-5H3/b;25-23?,27-17+/t23-;22-/m00/s1. The molecule has 5 rings (SSSR count). The molecule has 2 atom stereocenters. The number of fused-ring (bicyclic) bond motifs is 1. The number of anilines is 1. The smallest absolute Gasteiger partial charge is 0.222 e. The third-order valence-electron chi connectivity index (χ3n) is 11.4. The number of aryl methyl sites for hydroxylation is 1. The Morgan fingerprint density at radius 2 is 1.57 bits per heavy atom. The van der Waals surface area contributed by atoms with E-state index in [0.29, 0.717) is 39.2 Å². The summed E-state index contributed by atoms with van der Waals surface area (Å²) in [7, 11) is 7.23. The average Bonchev–Trinajstić information content (AvgIpc) is 3.38. The molecule has 0 radical (unpaired) electrons. The highest BCUT2D eigenvalue weighted by atomic mass is 35.5. The molecule has 0 saturated heterocycles. The van der Waals surface area contributed by atoms with Crippen LogP contribution in [0.4, 0.5) is 5.69 Å². The van der Waals surface area contributed by atoms with Crippen LogP contribution < -0.4 is 25.0 Å². The Kier molecular flexibility index (Phi) is 19.8. The normalized spacial score (nSPS) is 14.7. The lowest BCUT2D eigenvalue weighted by Crippen LogP contribution is -2.49. The number of aldehydes is 1. The summed E-state index contributed by atoms with van der Waals surface area (Å²) in [4.78, 5) is 35.7. The summed E-state index contributed by atoms with van der Waals surface area (Å²) >= 11 is 12.3. The molecule has 0 spiro atoms. The molecule has 0 aliphatic carbocycles. The van der Waals surface area contributed by atoms with Crippen molar-refractivity contribution in [2.24, 2.45) is 25.6 Å². The van der Waals surface area contributed by atoms with Gasteiger partial charge in [-0.3, -0.25) is 25.1 Å². The second-order valence-corrected chi connectivity index (χ2v) is 19.1. The molecule has 4 aromatic rings. The molecule has 1 amide bonds. The van der Waals surface area contributed by atoms with Crippen LogP contribution >= 0.6 is 32.1 Å². The highest BCUT2D eigenvalue weighted by Gasteiger charge is 2.39. The Bertz CT molecular complexity index is 2530. The Morgan fingerprint density at radius 3 is 2.13 bits per heavy atom. The van der Waals surface area contributed by atoms with Crippen LogP contribution in [0.15, 0.2) is 105 Å². The lowest BCUT2D eigenvalue weighted by atomic mass is 9.77. The Morgan fingerprint density at radius 1 is 0.940 bits per heavy atom. The molecule has 1 aliphatic heterocycles. The van der Waals surface area contributed by atoms with E-state index in [1.807, 2.05) is 134 Å². The van der Waals surface area contributed by atoms with Crippen molar-refractivity contribution >= 4 is 84.0 Å². The van der Waals surface area contributed by atoms with Gasteiger partial charge in [0.05, 0.1) is 42.4 Å².